The maximum Gasteiger partial charge on any atom is 0.321 e. The first-order valence-electron chi connectivity index (χ1n) is 4.19. The number of urea groups is 1. The summed E-state index contributed by atoms with van der Waals surface area (Å²) in [6.45, 7) is 1.19. The van der Waals surface area contributed by atoms with Crippen LogP contribution in [0.15, 0.2) is 22.7 Å². The predicted molar refractivity (Wildman–Crippen MR) is 54.8 cm³/mol. The van der Waals surface area contributed by atoms with Crippen molar-refractivity contribution in [2.75, 3.05) is 18.0 Å². The molecule has 1 saturated heterocycles. The number of hydrogen-bond donors (Lipinski definition) is 1. The van der Waals surface area contributed by atoms with Crippen molar-refractivity contribution in [3.05, 3.63) is 28.5 Å². The summed E-state index contributed by atoms with van der Waals surface area (Å²) in [5.74, 6) is -0.359. The van der Waals surface area contributed by atoms with Crippen LogP contribution in [0.5, 0.6) is 0 Å². The third-order valence-corrected chi connectivity index (χ3v) is 2.71. The van der Waals surface area contributed by atoms with Crippen LogP contribution in [0.25, 0.3) is 0 Å². The second kappa shape index (κ2) is 3.57. The number of anilines is 1. The lowest BCUT2D eigenvalue weighted by Crippen LogP contribution is -2.27. The number of rotatable bonds is 1. The lowest BCUT2D eigenvalue weighted by Gasteiger charge is -2.14. The maximum absolute atomic E-state index is 13.2. The molecular weight excluding hydrogens is 251 g/mol. The smallest absolute Gasteiger partial charge is 0.321 e. The Bertz CT molecular complexity index is 383. The fraction of sp³-hybridized carbons (Fsp3) is 0.222. The highest BCUT2D eigenvalue weighted by Gasteiger charge is 2.21. The predicted octanol–water partition coefficient (Wildman–Crippen LogP) is 2.12. The van der Waals surface area contributed by atoms with Crippen molar-refractivity contribution in [2.24, 2.45) is 0 Å². The third kappa shape index (κ3) is 1.59. The van der Waals surface area contributed by atoms with Crippen molar-refractivity contribution in [2.45, 2.75) is 0 Å². The molecule has 1 aromatic carbocycles. The topological polar surface area (TPSA) is 32.3 Å². The molecule has 0 atom stereocenters. The van der Waals surface area contributed by atoms with Crippen molar-refractivity contribution in [1.82, 2.24) is 5.32 Å². The van der Waals surface area contributed by atoms with Gasteiger partial charge in [-0.25, -0.2) is 9.18 Å². The molecule has 1 N–H and O–H groups in total. The van der Waals surface area contributed by atoms with Crippen molar-refractivity contribution in [3.8, 4) is 0 Å². The number of carbonyl (C=O) groups is 1. The first-order chi connectivity index (χ1) is 6.68. The molecule has 5 heteroatoms. The van der Waals surface area contributed by atoms with E-state index in [4.69, 9.17) is 0 Å². The molecule has 0 bridgehead atoms. The van der Waals surface area contributed by atoms with E-state index in [0.717, 1.165) is 0 Å². The van der Waals surface area contributed by atoms with Crippen LogP contribution in [0, 0.1) is 5.82 Å². The van der Waals surface area contributed by atoms with Gasteiger partial charge in [-0.2, -0.15) is 0 Å². The Morgan fingerprint density at radius 1 is 1.50 bits per heavy atom. The number of nitrogens with one attached hydrogen (secondary N) is 1. The minimum atomic E-state index is -0.359. The number of benzene rings is 1. The summed E-state index contributed by atoms with van der Waals surface area (Å²) in [6, 6.07) is 4.47. The van der Waals surface area contributed by atoms with Crippen molar-refractivity contribution < 1.29 is 9.18 Å². The fourth-order valence-corrected chi connectivity index (χ4v) is 1.62. The zero-order valence-corrected chi connectivity index (χ0v) is 8.84. The molecule has 1 aromatic rings. The Kier molecular flexibility index (Phi) is 2.41. The standard InChI is InChI=1S/C9H8BrFN2O/c10-7-2-1-6(5-8(7)11)13-4-3-12-9(13)14/h1-2,5H,3-4H2,(H,12,14). The summed E-state index contributed by atoms with van der Waals surface area (Å²) in [5.41, 5.74) is 0.584. The quantitative estimate of drug-likeness (QED) is 0.823. The van der Waals surface area contributed by atoms with Gasteiger partial charge in [0.05, 0.1) is 4.47 Å². The van der Waals surface area contributed by atoms with Crippen molar-refractivity contribution >= 4 is 27.6 Å². The summed E-state index contributed by atoms with van der Waals surface area (Å²) >= 11 is 3.06. The van der Waals surface area contributed by atoms with Crippen LogP contribution >= 0.6 is 15.9 Å². The molecule has 0 radical (unpaired) electrons. The molecule has 74 valence electrons. The molecule has 0 aliphatic carbocycles. The Morgan fingerprint density at radius 2 is 2.29 bits per heavy atom. The summed E-state index contributed by atoms with van der Waals surface area (Å²) in [7, 11) is 0. The molecule has 0 aromatic heterocycles. The van der Waals surface area contributed by atoms with Crippen LogP contribution in [0.1, 0.15) is 0 Å². The minimum absolute atomic E-state index is 0.174. The Morgan fingerprint density at radius 3 is 2.86 bits per heavy atom. The van der Waals surface area contributed by atoms with Gasteiger partial charge in [0.2, 0.25) is 0 Å². The van der Waals surface area contributed by atoms with Gasteiger partial charge in [0.15, 0.2) is 0 Å². The van der Waals surface area contributed by atoms with E-state index in [0.29, 0.717) is 23.2 Å². The average Bonchev–Trinajstić information content (AvgIpc) is 2.57. The SMILES string of the molecule is O=C1NCCN1c1ccc(Br)c(F)c1. The fourth-order valence-electron chi connectivity index (χ4n) is 1.37. The largest absolute Gasteiger partial charge is 0.336 e. The highest BCUT2D eigenvalue weighted by Crippen LogP contribution is 2.23. The Balaban J connectivity index is 2.32. The van der Waals surface area contributed by atoms with Gasteiger partial charge in [0.1, 0.15) is 5.82 Å². The van der Waals surface area contributed by atoms with Crippen LogP contribution < -0.4 is 10.2 Å². The molecule has 14 heavy (non-hydrogen) atoms. The minimum Gasteiger partial charge on any atom is -0.336 e. The molecule has 2 amide bonds. The van der Waals surface area contributed by atoms with Gasteiger partial charge >= 0.3 is 6.03 Å². The highest BCUT2D eigenvalue weighted by molar-refractivity contribution is 9.10. The molecule has 1 aliphatic heterocycles. The van der Waals surface area contributed by atoms with E-state index < -0.39 is 0 Å². The van der Waals surface area contributed by atoms with Gasteiger partial charge in [-0.05, 0) is 34.1 Å². The molecule has 2 rings (SSSR count). The third-order valence-electron chi connectivity index (χ3n) is 2.07. The van der Waals surface area contributed by atoms with E-state index in [-0.39, 0.29) is 11.8 Å². The van der Waals surface area contributed by atoms with Crippen LogP contribution in [0.4, 0.5) is 14.9 Å². The van der Waals surface area contributed by atoms with Gasteiger partial charge < -0.3 is 5.32 Å². The summed E-state index contributed by atoms with van der Waals surface area (Å²) in [4.78, 5) is 12.8. The summed E-state index contributed by atoms with van der Waals surface area (Å²) in [6.07, 6.45) is 0. The number of hydrogen-bond acceptors (Lipinski definition) is 1. The van der Waals surface area contributed by atoms with Gasteiger partial charge in [-0.1, -0.05) is 0 Å². The molecule has 0 unspecified atom stereocenters. The first-order valence-corrected chi connectivity index (χ1v) is 4.98. The number of amides is 2. The van der Waals surface area contributed by atoms with Crippen LogP contribution in [-0.2, 0) is 0 Å². The molecule has 1 heterocycles. The van der Waals surface area contributed by atoms with Crippen LogP contribution in [0.2, 0.25) is 0 Å². The lowest BCUT2D eigenvalue weighted by atomic mass is 10.3. The van der Waals surface area contributed by atoms with Crippen LogP contribution in [-0.4, -0.2) is 19.1 Å². The monoisotopic (exact) mass is 258 g/mol. The second-order valence-electron chi connectivity index (χ2n) is 2.98. The molecule has 0 saturated carbocycles. The molecular formula is C9H8BrFN2O. The number of nitrogens with zero attached hydrogens (tertiary/aromatic N) is 1. The van der Waals surface area contributed by atoms with E-state index in [1.54, 1.807) is 12.1 Å². The zero-order chi connectivity index (χ0) is 10.1. The van der Waals surface area contributed by atoms with Gasteiger partial charge in [-0.3, -0.25) is 4.90 Å². The summed E-state index contributed by atoms with van der Waals surface area (Å²) < 4.78 is 13.6. The number of carbonyl (C=O) groups excluding carboxylic acids is 1. The Hall–Kier alpha value is -1.10. The van der Waals surface area contributed by atoms with E-state index >= 15 is 0 Å². The van der Waals surface area contributed by atoms with E-state index in [9.17, 15) is 9.18 Å². The molecule has 1 aliphatic rings. The van der Waals surface area contributed by atoms with Gasteiger partial charge in [0, 0.05) is 18.8 Å². The van der Waals surface area contributed by atoms with E-state index in [1.165, 1.54) is 11.0 Å². The van der Waals surface area contributed by atoms with E-state index in [1.807, 2.05) is 0 Å². The maximum atomic E-state index is 13.2. The highest BCUT2D eigenvalue weighted by atomic mass is 79.9. The second-order valence-corrected chi connectivity index (χ2v) is 3.84. The van der Waals surface area contributed by atoms with Crippen molar-refractivity contribution in [3.63, 3.8) is 0 Å². The van der Waals surface area contributed by atoms with Crippen LogP contribution in [0.3, 0.4) is 0 Å². The Labute approximate surface area is 89.0 Å². The van der Waals surface area contributed by atoms with Crippen molar-refractivity contribution in [1.29, 1.82) is 0 Å². The van der Waals surface area contributed by atoms with Gasteiger partial charge in [-0.15, -0.1) is 0 Å². The first kappa shape index (κ1) is 9.45. The lowest BCUT2D eigenvalue weighted by molar-refractivity contribution is 0.252. The van der Waals surface area contributed by atoms with Gasteiger partial charge in [0.25, 0.3) is 0 Å². The molecule has 3 nitrogen and oxygen atoms in total. The van der Waals surface area contributed by atoms with E-state index in [2.05, 4.69) is 21.2 Å². The normalized spacial score (nSPS) is 15.9. The molecule has 1 fully saturated rings. The molecule has 0 spiro atoms. The average molecular weight is 259 g/mol. The zero-order valence-electron chi connectivity index (χ0n) is 7.26. The number of halogens is 2. The summed E-state index contributed by atoms with van der Waals surface area (Å²) in [5, 5.41) is 2.65.